The monoisotopic (exact) mass is 476 g/mol. The molecule has 0 amide bonds. The number of phenols is 1. The van der Waals surface area contributed by atoms with E-state index in [1.165, 1.54) is 12.1 Å². The van der Waals surface area contributed by atoms with Gasteiger partial charge in [0.2, 0.25) is 0 Å². The van der Waals surface area contributed by atoms with Crippen LogP contribution in [0.25, 0.3) is 11.3 Å². The molecule has 3 rings (SSSR count). The van der Waals surface area contributed by atoms with Crippen molar-refractivity contribution < 1.29 is 49.4 Å². The third-order valence-corrected chi connectivity index (χ3v) is 6.30. The van der Waals surface area contributed by atoms with Crippen molar-refractivity contribution in [2.75, 3.05) is 13.2 Å². The van der Waals surface area contributed by atoms with E-state index in [4.69, 9.17) is 9.52 Å². The highest BCUT2D eigenvalue weighted by atomic mass is 16.4. The fourth-order valence-electron chi connectivity index (χ4n) is 4.84. The molecule has 0 fully saturated rings. The minimum atomic E-state index is -2.19. The number of aliphatic carboxylic acids is 1. The normalized spacial score (nSPS) is 20.4. The topological polar surface area (TPSA) is 186 Å². The summed E-state index contributed by atoms with van der Waals surface area (Å²) in [6.07, 6.45) is -2.73. The zero-order valence-corrected chi connectivity index (χ0v) is 18.7. The van der Waals surface area contributed by atoms with E-state index in [2.05, 4.69) is 0 Å². The Balaban J connectivity index is 2.03. The zero-order chi connectivity index (χ0) is 25.3. The number of carboxylic acids is 1. The maximum Gasteiger partial charge on any atom is 0.310 e. The fourth-order valence-corrected chi connectivity index (χ4v) is 4.84. The Morgan fingerprint density at radius 2 is 1.88 bits per heavy atom. The summed E-state index contributed by atoms with van der Waals surface area (Å²) in [4.78, 5) is 36.4. The summed E-state index contributed by atoms with van der Waals surface area (Å²) >= 11 is 0. The molecule has 3 unspecified atom stereocenters. The molecule has 6 N–H and O–H groups in total. The van der Waals surface area contributed by atoms with E-state index in [1.54, 1.807) is 19.1 Å². The van der Waals surface area contributed by atoms with Gasteiger partial charge in [-0.3, -0.25) is 14.4 Å². The Kier molecular flexibility index (Phi) is 7.27. The molecule has 0 saturated heterocycles. The number of ketones is 2. The van der Waals surface area contributed by atoms with E-state index in [0.29, 0.717) is 17.1 Å². The van der Waals surface area contributed by atoms with Crippen LogP contribution in [0.1, 0.15) is 47.4 Å². The van der Waals surface area contributed by atoms with Crippen LogP contribution in [0.15, 0.2) is 28.7 Å². The number of fused-ring (bicyclic) bond motifs is 1. The summed E-state index contributed by atoms with van der Waals surface area (Å²) in [6.45, 7) is 0.197. The third-order valence-electron chi connectivity index (χ3n) is 6.30. The van der Waals surface area contributed by atoms with Crippen molar-refractivity contribution >= 4 is 17.5 Å². The number of carbonyl (C=O) groups excluding carboxylic acids is 2. The Morgan fingerprint density at radius 3 is 2.44 bits per heavy atom. The Labute approximate surface area is 195 Å². The van der Waals surface area contributed by atoms with Crippen LogP contribution in [-0.4, -0.2) is 72.6 Å². The first kappa shape index (κ1) is 25.6. The Hall–Kier alpha value is -3.05. The quantitative estimate of drug-likeness (QED) is 0.270. The highest BCUT2D eigenvalue weighted by molar-refractivity contribution is 6.03. The van der Waals surface area contributed by atoms with E-state index in [-0.39, 0.29) is 23.3 Å². The van der Waals surface area contributed by atoms with Crippen molar-refractivity contribution in [3.63, 3.8) is 0 Å². The number of hydrogen-bond donors (Lipinski definition) is 6. The summed E-state index contributed by atoms with van der Waals surface area (Å²) in [5, 5.41) is 61.3. The second kappa shape index (κ2) is 9.67. The fraction of sp³-hybridized carbons (Fsp3) is 0.458. The summed E-state index contributed by atoms with van der Waals surface area (Å²) in [5.74, 6) is -3.89. The molecule has 0 aliphatic heterocycles. The number of carboxylic acid groups (broad SMARTS) is 1. The van der Waals surface area contributed by atoms with Crippen LogP contribution in [0.2, 0.25) is 0 Å². The van der Waals surface area contributed by atoms with E-state index < -0.39 is 73.6 Å². The third kappa shape index (κ3) is 5.05. The molecule has 1 heterocycles. The van der Waals surface area contributed by atoms with Crippen molar-refractivity contribution in [3.8, 4) is 17.1 Å². The van der Waals surface area contributed by atoms with Crippen LogP contribution in [0, 0.1) is 12.8 Å². The van der Waals surface area contributed by atoms with Crippen molar-refractivity contribution in [1.29, 1.82) is 0 Å². The molecule has 1 aliphatic carbocycles. The SMILES string of the molecule is Cc1ccc(-c2ccc(O)c3c2CC(O)(CC(O)(CCO)C(CO)C(=O)CC(=O)O)CC3=O)o1. The van der Waals surface area contributed by atoms with Crippen molar-refractivity contribution in [3.05, 3.63) is 41.2 Å². The number of benzene rings is 1. The highest BCUT2D eigenvalue weighted by Crippen LogP contribution is 2.44. The lowest BCUT2D eigenvalue weighted by Gasteiger charge is -2.42. The number of phenolic OH excluding ortho intramolecular Hbond substituents is 1. The molecule has 2 aromatic rings. The van der Waals surface area contributed by atoms with Gasteiger partial charge in [-0.1, -0.05) is 0 Å². The van der Waals surface area contributed by atoms with Gasteiger partial charge in [-0.25, -0.2) is 0 Å². The average molecular weight is 476 g/mol. The number of rotatable bonds is 10. The summed E-state index contributed by atoms with van der Waals surface area (Å²) in [6, 6.07) is 6.28. The second-order valence-electron chi connectivity index (χ2n) is 8.92. The number of aromatic hydroxyl groups is 1. The van der Waals surface area contributed by atoms with Crippen LogP contribution in [-0.2, 0) is 16.0 Å². The van der Waals surface area contributed by atoms with Gasteiger partial charge in [0.15, 0.2) is 11.6 Å². The van der Waals surface area contributed by atoms with Crippen LogP contribution in [0.5, 0.6) is 5.75 Å². The van der Waals surface area contributed by atoms with E-state index in [0.717, 1.165) is 0 Å². The van der Waals surface area contributed by atoms with Gasteiger partial charge in [0, 0.05) is 37.9 Å². The molecule has 0 radical (unpaired) electrons. The van der Waals surface area contributed by atoms with Crippen LogP contribution < -0.4 is 0 Å². The maximum atomic E-state index is 13.0. The molecule has 1 aromatic carbocycles. The number of aliphatic hydroxyl groups is 4. The number of furan rings is 1. The molecule has 3 atom stereocenters. The lowest BCUT2D eigenvalue weighted by molar-refractivity contribution is -0.151. The molecule has 0 spiro atoms. The second-order valence-corrected chi connectivity index (χ2v) is 8.92. The zero-order valence-electron chi connectivity index (χ0n) is 18.7. The van der Waals surface area contributed by atoms with Crippen molar-refractivity contribution in [2.24, 2.45) is 5.92 Å². The summed E-state index contributed by atoms with van der Waals surface area (Å²) in [5.41, 5.74) is -3.35. The molecule has 10 nitrogen and oxygen atoms in total. The van der Waals surface area contributed by atoms with E-state index in [1.807, 2.05) is 0 Å². The van der Waals surface area contributed by atoms with Crippen LogP contribution in [0.3, 0.4) is 0 Å². The first-order valence-corrected chi connectivity index (χ1v) is 10.8. The smallest absolute Gasteiger partial charge is 0.310 e. The molecular formula is C24H28O10. The lowest BCUT2D eigenvalue weighted by Crippen LogP contribution is -2.53. The molecule has 10 heteroatoms. The largest absolute Gasteiger partial charge is 0.507 e. The standard InChI is InChI=1S/C24H28O10/c1-13-2-5-20(34-13)14-3-4-17(27)22-15(14)9-23(32,10-19(22)29)12-24(33,6-7-25)16(11-26)18(28)8-21(30)31/h2-5,16,25-27,32-33H,6-12H2,1H3,(H,30,31). The number of Topliss-reactive ketones (excluding diaryl/α,β-unsaturated/α-hetero) is 2. The first-order valence-electron chi connectivity index (χ1n) is 10.8. The maximum absolute atomic E-state index is 13.0. The van der Waals surface area contributed by atoms with Gasteiger partial charge >= 0.3 is 5.97 Å². The van der Waals surface area contributed by atoms with Gasteiger partial charge in [0.25, 0.3) is 0 Å². The van der Waals surface area contributed by atoms with Gasteiger partial charge in [-0.15, -0.1) is 0 Å². The average Bonchev–Trinajstić information content (AvgIpc) is 3.13. The predicted molar refractivity (Wildman–Crippen MR) is 117 cm³/mol. The van der Waals surface area contributed by atoms with Gasteiger partial charge < -0.3 is 35.1 Å². The molecule has 1 aliphatic rings. The first-order chi connectivity index (χ1) is 15.9. The Bertz CT molecular complexity index is 1100. The van der Waals surface area contributed by atoms with E-state index >= 15 is 0 Å². The van der Waals surface area contributed by atoms with Crippen molar-refractivity contribution in [2.45, 2.75) is 50.2 Å². The van der Waals surface area contributed by atoms with Crippen LogP contribution >= 0.6 is 0 Å². The van der Waals surface area contributed by atoms with Gasteiger partial charge in [-0.2, -0.15) is 0 Å². The number of aliphatic hydroxyl groups excluding tert-OH is 2. The molecule has 0 saturated carbocycles. The molecule has 0 bridgehead atoms. The minimum Gasteiger partial charge on any atom is -0.507 e. The predicted octanol–water partition coefficient (Wildman–Crippen LogP) is 0.977. The van der Waals surface area contributed by atoms with E-state index in [9.17, 15) is 39.9 Å². The van der Waals surface area contributed by atoms with Gasteiger partial charge in [0.05, 0.1) is 29.3 Å². The number of aryl methyl sites for hydroxylation is 1. The summed E-state index contributed by atoms with van der Waals surface area (Å²) in [7, 11) is 0. The van der Waals surface area contributed by atoms with Gasteiger partial charge in [0.1, 0.15) is 23.7 Å². The molecule has 184 valence electrons. The Morgan fingerprint density at radius 1 is 1.18 bits per heavy atom. The molecule has 34 heavy (non-hydrogen) atoms. The summed E-state index contributed by atoms with van der Waals surface area (Å²) < 4.78 is 5.65. The van der Waals surface area contributed by atoms with Crippen molar-refractivity contribution in [1.82, 2.24) is 0 Å². The number of carbonyl (C=O) groups is 3. The highest BCUT2D eigenvalue weighted by Gasteiger charge is 2.49. The van der Waals surface area contributed by atoms with Gasteiger partial charge in [-0.05, 0) is 36.8 Å². The minimum absolute atomic E-state index is 0.0163. The lowest BCUT2D eigenvalue weighted by atomic mass is 9.68. The molecular weight excluding hydrogens is 448 g/mol. The number of hydrogen-bond acceptors (Lipinski definition) is 9. The molecule has 1 aromatic heterocycles. The van der Waals surface area contributed by atoms with Crippen LogP contribution in [0.4, 0.5) is 0 Å².